The number of rotatable bonds is 5. The van der Waals surface area contributed by atoms with Crippen molar-refractivity contribution in [1.82, 2.24) is 0 Å². The van der Waals surface area contributed by atoms with Gasteiger partial charge in [-0.3, -0.25) is 0 Å². The van der Waals surface area contributed by atoms with E-state index in [0.717, 1.165) is 5.56 Å². The average Bonchev–Trinajstić information content (AvgIpc) is 2.54. The monoisotopic (exact) mass is 312 g/mol. The minimum Gasteiger partial charge on any atom is -0.462 e. The molecule has 0 saturated carbocycles. The van der Waals surface area contributed by atoms with Gasteiger partial charge in [-0.1, -0.05) is 24.3 Å². The molecule has 0 radical (unpaired) electrons. The van der Waals surface area contributed by atoms with Gasteiger partial charge < -0.3 is 35.0 Å². The topological polar surface area (TPSA) is 120 Å². The lowest BCUT2D eigenvalue weighted by molar-refractivity contribution is -0.277. The van der Waals surface area contributed by atoms with E-state index in [4.69, 9.17) is 19.7 Å². The molecule has 122 valence electrons. The summed E-state index contributed by atoms with van der Waals surface area (Å²) < 4.78 is 10.7. The molecule has 1 aliphatic rings. The van der Waals surface area contributed by atoms with Crippen LogP contribution in [0.1, 0.15) is 5.56 Å². The molecule has 0 aromatic heterocycles. The molecule has 1 aliphatic heterocycles. The molecule has 5 atom stereocenters. The van der Waals surface area contributed by atoms with E-state index in [9.17, 15) is 15.3 Å². The van der Waals surface area contributed by atoms with E-state index in [2.05, 4.69) is 0 Å². The Bertz CT molecular complexity index is 485. The van der Waals surface area contributed by atoms with Crippen LogP contribution < -0.4 is 4.74 Å². The Morgan fingerprint density at radius 2 is 1.68 bits per heavy atom. The van der Waals surface area contributed by atoms with Crippen molar-refractivity contribution in [3.05, 3.63) is 35.9 Å². The maximum absolute atomic E-state index is 9.87. The minimum absolute atomic E-state index is 0.0525. The van der Waals surface area contributed by atoms with Gasteiger partial charge >= 0.3 is 0 Å². The molecule has 5 N–H and O–H groups in total. The van der Waals surface area contributed by atoms with Crippen molar-refractivity contribution in [3.8, 4) is 5.75 Å². The summed E-state index contributed by atoms with van der Waals surface area (Å²) in [7, 11) is 0. The number of benzene rings is 1. The van der Waals surface area contributed by atoms with Crippen LogP contribution in [0.5, 0.6) is 5.75 Å². The Labute approximate surface area is 127 Å². The zero-order chi connectivity index (χ0) is 16.1. The van der Waals surface area contributed by atoms with E-state index in [0.29, 0.717) is 5.75 Å². The fourth-order valence-electron chi connectivity index (χ4n) is 2.15. The molecule has 22 heavy (non-hydrogen) atoms. The lowest BCUT2D eigenvalue weighted by Gasteiger charge is -2.39. The number of aliphatic hydroxyl groups is 5. The highest BCUT2D eigenvalue weighted by Crippen LogP contribution is 2.24. The van der Waals surface area contributed by atoms with Crippen molar-refractivity contribution in [3.63, 3.8) is 0 Å². The van der Waals surface area contributed by atoms with Gasteiger partial charge in [0.1, 0.15) is 30.2 Å². The first-order valence-electron chi connectivity index (χ1n) is 6.91. The van der Waals surface area contributed by atoms with Gasteiger partial charge in [-0.05, 0) is 17.7 Å². The molecule has 7 nitrogen and oxygen atoms in total. The number of hydrogen-bond donors (Lipinski definition) is 5. The molecule has 0 bridgehead atoms. The van der Waals surface area contributed by atoms with Gasteiger partial charge in [0.15, 0.2) is 0 Å². The fraction of sp³-hybridized carbons (Fsp3) is 0.467. The molecule has 1 saturated heterocycles. The average molecular weight is 312 g/mol. The molecule has 1 fully saturated rings. The van der Waals surface area contributed by atoms with Crippen LogP contribution in [0.25, 0.3) is 6.08 Å². The summed E-state index contributed by atoms with van der Waals surface area (Å²) in [6.07, 6.45) is -3.20. The van der Waals surface area contributed by atoms with Crippen LogP contribution in [0.2, 0.25) is 0 Å². The first-order valence-corrected chi connectivity index (χ1v) is 6.91. The second-order valence-corrected chi connectivity index (χ2v) is 4.97. The molecule has 0 spiro atoms. The summed E-state index contributed by atoms with van der Waals surface area (Å²) in [5, 5.41) is 47.0. The molecule has 7 heteroatoms. The van der Waals surface area contributed by atoms with E-state index in [-0.39, 0.29) is 6.61 Å². The summed E-state index contributed by atoms with van der Waals surface area (Å²) in [5.74, 6) is 0.394. The smallest absolute Gasteiger partial charge is 0.229 e. The van der Waals surface area contributed by atoms with Crippen molar-refractivity contribution in [2.24, 2.45) is 0 Å². The highest BCUT2D eigenvalue weighted by molar-refractivity contribution is 5.50. The molecular weight excluding hydrogens is 292 g/mol. The standard InChI is InChI=1S/C15H20O7/c16-7-1-2-9-3-5-10(6-4-9)21-15-14(20)13(19)12(18)11(8-17)22-15/h1-6,11-20H,7-8H2/t11-,12-,13+,14-,15?/m1/s1. The first-order chi connectivity index (χ1) is 10.6. The van der Waals surface area contributed by atoms with Crippen molar-refractivity contribution in [2.75, 3.05) is 13.2 Å². The molecule has 1 aromatic carbocycles. The summed E-state index contributed by atoms with van der Waals surface area (Å²) in [4.78, 5) is 0. The second kappa shape index (κ2) is 7.68. The molecule has 2 rings (SSSR count). The van der Waals surface area contributed by atoms with Crippen LogP contribution in [-0.2, 0) is 4.74 Å². The van der Waals surface area contributed by atoms with Gasteiger partial charge in [0.25, 0.3) is 0 Å². The molecule has 0 amide bonds. The quantitative estimate of drug-likeness (QED) is 0.467. The van der Waals surface area contributed by atoms with Crippen molar-refractivity contribution in [1.29, 1.82) is 0 Å². The van der Waals surface area contributed by atoms with Gasteiger partial charge in [0.2, 0.25) is 6.29 Å². The third-order valence-electron chi connectivity index (χ3n) is 3.40. The Morgan fingerprint density at radius 1 is 1.00 bits per heavy atom. The molecule has 1 unspecified atom stereocenters. The van der Waals surface area contributed by atoms with E-state index in [1.165, 1.54) is 0 Å². The SMILES string of the molecule is OCC=Cc1ccc(OC2O[C@H](CO)[C@@H](O)[C@H](O)[C@H]2O)cc1. The van der Waals surface area contributed by atoms with Crippen LogP contribution in [0.3, 0.4) is 0 Å². The number of hydrogen-bond acceptors (Lipinski definition) is 7. The lowest BCUT2D eigenvalue weighted by Crippen LogP contribution is -2.60. The predicted molar refractivity (Wildman–Crippen MR) is 77.0 cm³/mol. The largest absolute Gasteiger partial charge is 0.462 e. The zero-order valence-electron chi connectivity index (χ0n) is 11.8. The molecule has 0 aliphatic carbocycles. The van der Waals surface area contributed by atoms with Gasteiger partial charge in [-0.25, -0.2) is 0 Å². The summed E-state index contributed by atoms with van der Waals surface area (Å²) >= 11 is 0. The highest BCUT2D eigenvalue weighted by Gasteiger charge is 2.44. The third kappa shape index (κ3) is 3.83. The fourth-order valence-corrected chi connectivity index (χ4v) is 2.15. The maximum Gasteiger partial charge on any atom is 0.229 e. The predicted octanol–water partition coefficient (Wildman–Crippen LogP) is -1.13. The zero-order valence-corrected chi connectivity index (χ0v) is 11.8. The molecular formula is C15H20O7. The Hall–Kier alpha value is -1.48. The van der Waals surface area contributed by atoms with Crippen LogP contribution in [0, 0.1) is 0 Å². The minimum atomic E-state index is -1.47. The van der Waals surface area contributed by atoms with Crippen molar-refractivity contribution in [2.45, 2.75) is 30.7 Å². The normalized spacial score (nSPS) is 32.3. The van der Waals surface area contributed by atoms with Crippen LogP contribution in [0.4, 0.5) is 0 Å². The van der Waals surface area contributed by atoms with Gasteiger partial charge in [-0.2, -0.15) is 0 Å². The van der Waals surface area contributed by atoms with E-state index in [1.807, 2.05) is 0 Å². The van der Waals surface area contributed by atoms with E-state index in [1.54, 1.807) is 36.4 Å². The highest BCUT2D eigenvalue weighted by atomic mass is 16.7. The van der Waals surface area contributed by atoms with E-state index >= 15 is 0 Å². The maximum atomic E-state index is 9.87. The summed E-state index contributed by atoms with van der Waals surface area (Å²) in [5.41, 5.74) is 0.857. The van der Waals surface area contributed by atoms with Gasteiger partial charge in [0.05, 0.1) is 13.2 Å². The number of ether oxygens (including phenoxy) is 2. The van der Waals surface area contributed by atoms with Crippen LogP contribution in [-0.4, -0.2) is 69.5 Å². The lowest BCUT2D eigenvalue weighted by atomic mass is 9.99. The van der Waals surface area contributed by atoms with Crippen LogP contribution in [0.15, 0.2) is 30.3 Å². The Kier molecular flexibility index (Phi) is 5.90. The number of aliphatic hydroxyl groups excluding tert-OH is 5. The van der Waals surface area contributed by atoms with Crippen molar-refractivity contribution < 1.29 is 35.0 Å². The molecule has 1 heterocycles. The van der Waals surface area contributed by atoms with E-state index < -0.39 is 37.3 Å². The second-order valence-electron chi connectivity index (χ2n) is 4.97. The van der Waals surface area contributed by atoms with Crippen molar-refractivity contribution >= 4 is 6.08 Å². The Balaban J connectivity index is 2.04. The summed E-state index contributed by atoms with van der Waals surface area (Å²) in [6, 6.07) is 6.76. The van der Waals surface area contributed by atoms with Gasteiger partial charge in [-0.15, -0.1) is 0 Å². The Morgan fingerprint density at radius 3 is 2.27 bits per heavy atom. The first kappa shape index (κ1) is 16.9. The third-order valence-corrected chi connectivity index (χ3v) is 3.40. The molecule has 1 aromatic rings. The van der Waals surface area contributed by atoms with Crippen LogP contribution >= 0.6 is 0 Å². The van der Waals surface area contributed by atoms with Gasteiger partial charge in [0, 0.05) is 0 Å². The summed E-state index contributed by atoms with van der Waals surface area (Å²) in [6.45, 7) is -0.557.